The maximum atomic E-state index is 11.9. The van der Waals surface area contributed by atoms with Crippen LogP contribution in [0.4, 0.5) is 10.5 Å². The summed E-state index contributed by atoms with van der Waals surface area (Å²) in [5.41, 5.74) is 1.17. The van der Waals surface area contributed by atoms with Gasteiger partial charge in [-0.15, -0.1) is 0 Å². The van der Waals surface area contributed by atoms with Gasteiger partial charge in [-0.05, 0) is 45.4 Å². The molecule has 0 aromatic heterocycles. The summed E-state index contributed by atoms with van der Waals surface area (Å²) < 4.78 is 0. The zero-order valence-corrected chi connectivity index (χ0v) is 14.8. The Bertz CT molecular complexity index is 608. The summed E-state index contributed by atoms with van der Waals surface area (Å²) in [6.45, 7) is 8.77. The minimum atomic E-state index is -0.434. The molecule has 0 radical (unpaired) electrons. The molecular formula is C17H26N4O3. The molecule has 4 amide bonds. The molecular weight excluding hydrogens is 308 g/mol. The van der Waals surface area contributed by atoms with E-state index in [-0.39, 0.29) is 29.9 Å². The zero-order valence-electron chi connectivity index (χ0n) is 14.8. The van der Waals surface area contributed by atoms with E-state index in [0.717, 1.165) is 5.56 Å². The van der Waals surface area contributed by atoms with Crippen LogP contribution in [0.2, 0.25) is 0 Å². The maximum Gasteiger partial charge on any atom is 0.315 e. The number of carbonyl (C=O) groups is 3. The molecule has 132 valence electrons. The van der Waals surface area contributed by atoms with E-state index in [1.54, 1.807) is 18.2 Å². The topological polar surface area (TPSA) is 99.3 Å². The second-order valence-corrected chi connectivity index (χ2v) is 6.65. The first kappa shape index (κ1) is 19.5. The molecule has 0 saturated heterocycles. The van der Waals surface area contributed by atoms with Crippen LogP contribution in [-0.4, -0.2) is 29.9 Å². The average Bonchev–Trinajstić information content (AvgIpc) is 2.43. The number of benzene rings is 1. The molecule has 0 aliphatic heterocycles. The normalized spacial score (nSPS) is 12.0. The monoisotopic (exact) mass is 334 g/mol. The van der Waals surface area contributed by atoms with E-state index in [0.29, 0.717) is 5.69 Å². The minimum Gasteiger partial charge on any atom is -0.350 e. The van der Waals surface area contributed by atoms with Gasteiger partial charge in [0.1, 0.15) is 0 Å². The van der Waals surface area contributed by atoms with Gasteiger partial charge >= 0.3 is 6.03 Å². The van der Waals surface area contributed by atoms with E-state index in [1.165, 1.54) is 6.92 Å². The Kier molecular flexibility index (Phi) is 6.76. The molecule has 0 saturated carbocycles. The summed E-state index contributed by atoms with van der Waals surface area (Å²) in [4.78, 5) is 34.7. The minimum absolute atomic E-state index is 0.0955. The summed E-state index contributed by atoms with van der Waals surface area (Å²) in [6.07, 6.45) is 0. The highest BCUT2D eigenvalue weighted by atomic mass is 16.2. The molecule has 0 heterocycles. The number of hydrogen-bond acceptors (Lipinski definition) is 3. The molecule has 4 N–H and O–H groups in total. The van der Waals surface area contributed by atoms with E-state index < -0.39 is 6.03 Å². The van der Waals surface area contributed by atoms with Gasteiger partial charge in [0, 0.05) is 18.2 Å². The Morgan fingerprint density at radius 3 is 2.42 bits per heavy atom. The number of rotatable bonds is 5. The lowest BCUT2D eigenvalue weighted by Gasteiger charge is -2.21. The van der Waals surface area contributed by atoms with Crippen molar-refractivity contribution in [3.8, 4) is 0 Å². The summed E-state index contributed by atoms with van der Waals surface area (Å²) in [7, 11) is 0. The first-order chi connectivity index (χ1) is 11.1. The quantitative estimate of drug-likeness (QED) is 0.662. The van der Waals surface area contributed by atoms with Crippen LogP contribution in [0.15, 0.2) is 24.3 Å². The molecule has 7 heteroatoms. The lowest BCUT2D eigenvalue weighted by molar-refractivity contribution is -0.121. The van der Waals surface area contributed by atoms with Crippen LogP contribution in [0.25, 0.3) is 0 Å². The van der Waals surface area contributed by atoms with Crippen molar-refractivity contribution >= 4 is 23.5 Å². The van der Waals surface area contributed by atoms with Crippen LogP contribution < -0.4 is 21.3 Å². The van der Waals surface area contributed by atoms with E-state index >= 15 is 0 Å². The molecule has 0 spiro atoms. The van der Waals surface area contributed by atoms with Crippen LogP contribution in [0.5, 0.6) is 0 Å². The SMILES string of the molecule is CC(=O)Nc1cccc([C@H](C)NC(=O)NCC(=O)NC(C)(C)C)c1. The predicted molar refractivity (Wildman–Crippen MR) is 93.6 cm³/mol. The van der Waals surface area contributed by atoms with Gasteiger partial charge in [-0.1, -0.05) is 12.1 Å². The number of carbonyl (C=O) groups excluding carboxylic acids is 3. The van der Waals surface area contributed by atoms with Gasteiger partial charge in [0.25, 0.3) is 0 Å². The van der Waals surface area contributed by atoms with Gasteiger partial charge in [-0.25, -0.2) is 4.79 Å². The summed E-state index contributed by atoms with van der Waals surface area (Å²) in [5.74, 6) is -0.409. The van der Waals surface area contributed by atoms with Gasteiger partial charge < -0.3 is 21.3 Å². The fourth-order valence-corrected chi connectivity index (χ4v) is 2.04. The van der Waals surface area contributed by atoms with Gasteiger partial charge in [-0.3, -0.25) is 9.59 Å². The van der Waals surface area contributed by atoms with Gasteiger partial charge in [0.2, 0.25) is 11.8 Å². The Hall–Kier alpha value is -2.57. The summed E-state index contributed by atoms with van der Waals surface area (Å²) in [6, 6.07) is 6.50. The fourth-order valence-electron chi connectivity index (χ4n) is 2.04. The van der Waals surface area contributed by atoms with Crippen molar-refractivity contribution in [1.29, 1.82) is 0 Å². The van der Waals surface area contributed by atoms with Crippen molar-refractivity contribution in [2.45, 2.75) is 46.2 Å². The third-order valence-electron chi connectivity index (χ3n) is 2.98. The van der Waals surface area contributed by atoms with Crippen molar-refractivity contribution in [3.05, 3.63) is 29.8 Å². The largest absolute Gasteiger partial charge is 0.350 e. The fraction of sp³-hybridized carbons (Fsp3) is 0.471. The van der Waals surface area contributed by atoms with Crippen molar-refractivity contribution in [2.24, 2.45) is 0 Å². The van der Waals surface area contributed by atoms with Crippen molar-refractivity contribution in [3.63, 3.8) is 0 Å². The zero-order chi connectivity index (χ0) is 18.3. The van der Waals surface area contributed by atoms with Crippen LogP contribution in [0.1, 0.15) is 46.2 Å². The average molecular weight is 334 g/mol. The van der Waals surface area contributed by atoms with Crippen LogP contribution in [0, 0.1) is 0 Å². The number of urea groups is 1. The Morgan fingerprint density at radius 1 is 1.17 bits per heavy atom. The molecule has 1 aromatic rings. The smallest absolute Gasteiger partial charge is 0.315 e. The van der Waals surface area contributed by atoms with Gasteiger partial charge in [0.05, 0.1) is 12.6 Å². The summed E-state index contributed by atoms with van der Waals surface area (Å²) in [5, 5.41) is 10.7. The Labute approximate surface area is 142 Å². The molecule has 0 aliphatic rings. The lowest BCUT2D eigenvalue weighted by atomic mass is 10.1. The van der Waals surface area contributed by atoms with Crippen LogP contribution >= 0.6 is 0 Å². The first-order valence-electron chi connectivity index (χ1n) is 7.80. The van der Waals surface area contributed by atoms with E-state index in [9.17, 15) is 14.4 Å². The maximum absolute atomic E-state index is 11.9. The summed E-state index contributed by atoms with van der Waals surface area (Å²) >= 11 is 0. The molecule has 0 bridgehead atoms. The number of hydrogen-bond donors (Lipinski definition) is 4. The second-order valence-electron chi connectivity index (χ2n) is 6.65. The lowest BCUT2D eigenvalue weighted by Crippen LogP contribution is -2.47. The third kappa shape index (κ3) is 7.62. The molecule has 0 unspecified atom stereocenters. The Morgan fingerprint density at radius 2 is 1.83 bits per heavy atom. The van der Waals surface area contributed by atoms with E-state index in [4.69, 9.17) is 0 Å². The molecule has 0 aliphatic carbocycles. The number of nitrogens with one attached hydrogen (secondary N) is 4. The van der Waals surface area contributed by atoms with Crippen molar-refractivity contribution in [2.75, 3.05) is 11.9 Å². The standard InChI is InChI=1S/C17H26N4O3/c1-11(13-7-6-8-14(9-13)20-12(2)22)19-16(24)18-10-15(23)21-17(3,4)5/h6-9,11H,10H2,1-5H3,(H,20,22)(H,21,23)(H2,18,19,24)/t11-/m0/s1. The number of anilines is 1. The predicted octanol–water partition coefficient (Wildman–Crippen LogP) is 1.92. The highest BCUT2D eigenvalue weighted by Crippen LogP contribution is 2.17. The molecule has 24 heavy (non-hydrogen) atoms. The van der Waals surface area contributed by atoms with Crippen LogP contribution in [0.3, 0.4) is 0 Å². The highest BCUT2D eigenvalue weighted by molar-refractivity contribution is 5.88. The number of amides is 4. The molecule has 1 aromatic carbocycles. The van der Waals surface area contributed by atoms with E-state index in [1.807, 2.05) is 33.8 Å². The molecule has 1 rings (SSSR count). The molecule has 7 nitrogen and oxygen atoms in total. The third-order valence-corrected chi connectivity index (χ3v) is 2.98. The Balaban J connectivity index is 2.52. The van der Waals surface area contributed by atoms with Gasteiger partial charge in [-0.2, -0.15) is 0 Å². The van der Waals surface area contributed by atoms with E-state index in [2.05, 4.69) is 21.3 Å². The van der Waals surface area contributed by atoms with Crippen molar-refractivity contribution < 1.29 is 14.4 Å². The first-order valence-corrected chi connectivity index (χ1v) is 7.80. The van der Waals surface area contributed by atoms with Crippen molar-refractivity contribution in [1.82, 2.24) is 16.0 Å². The van der Waals surface area contributed by atoms with Gasteiger partial charge in [0.15, 0.2) is 0 Å². The molecule has 0 fully saturated rings. The molecule has 1 atom stereocenters. The highest BCUT2D eigenvalue weighted by Gasteiger charge is 2.15. The second kappa shape index (κ2) is 8.33. The van der Waals surface area contributed by atoms with Crippen LogP contribution in [-0.2, 0) is 9.59 Å².